The van der Waals surface area contributed by atoms with Crippen LogP contribution in [0.15, 0.2) is 36.4 Å². The standard InChI is InChI=1S/C13H9Cl3N2O2/c14-9-1-3-11(15)8(5-9)7-17-10-2-4-12(16)13(6-10)18(19)20/h1-6,17H,7H2. The van der Waals surface area contributed by atoms with Gasteiger partial charge in [-0.3, -0.25) is 10.1 Å². The molecule has 0 spiro atoms. The van der Waals surface area contributed by atoms with E-state index in [4.69, 9.17) is 34.8 Å². The van der Waals surface area contributed by atoms with Gasteiger partial charge < -0.3 is 5.32 Å². The van der Waals surface area contributed by atoms with Gasteiger partial charge in [0.05, 0.1) is 4.92 Å². The van der Waals surface area contributed by atoms with Gasteiger partial charge in [0.25, 0.3) is 5.69 Å². The van der Waals surface area contributed by atoms with Crippen molar-refractivity contribution < 1.29 is 4.92 Å². The van der Waals surface area contributed by atoms with Crippen molar-refractivity contribution in [2.24, 2.45) is 0 Å². The summed E-state index contributed by atoms with van der Waals surface area (Å²) in [5.74, 6) is 0. The zero-order valence-corrected chi connectivity index (χ0v) is 12.3. The molecule has 7 heteroatoms. The first-order valence-corrected chi connectivity index (χ1v) is 6.72. The van der Waals surface area contributed by atoms with E-state index in [0.29, 0.717) is 22.3 Å². The Hall–Kier alpha value is -1.49. The minimum atomic E-state index is -0.528. The lowest BCUT2D eigenvalue weighted by Gasteiger charge is -2.09. The first-order chi connectivity index (χ1) is 9.47. The van der Waals surface area contributed by atoms with Crippen molar-refractivity contribution >= 4 is 46.2 Å². The molecule has 0 radical (unpaired) electrons. The van der Waals surface area contributed by atoms with Crippen molar-refractivity contribution in [2.75, 3.05) is 5.32 Å². The van der Waals surface area contributed by atoms with Crippen LogP contribution in [0.4, 0.5) is 11.4 Å². The third-order valence-electron chi connectivity index (χ3n) is 2.63. The molecule has 0 aliphatic rings. The van der Waals surface area contributed by atoms with Crippen molar-refractivity contribution in [3.05, 3.63) is 67.1 Å². The maximum atomic E-state index is 10.8. The molecule has 0 amide bonds. The van der Waals surface area contributed by atoms with Crippen LogP contribution in [0.5, 0.6) is 0 Å². The Labute approximate surface area is 130 Å². The van der Waals surface area contributed by atoms with Crippen molar-refractivity contribution in [3.63, 3.8) is 0 Å². The Bertz CT molecular complexity index is 662. The summed E-state index contributed by atoms with van der Waals surface area (Å²) in [6.07, 6.45) is 0. The van der Waals surface area contributed by atoms with Gasteiger partial charge in [0.1, 0.15) is 5.02 Å². The predicted molar refractivity (Wildman–Crippen MR) is 81.9 cm³/mol. The van der Waals surface area contributed by atoms with Crippen LogP contribution in [0, 0.1) is 10.1 Å². The van der Waals surface area contributed by atoms with Gasteiger partial charge in [-0.2, -0.15) is 0 Å². The van der Waals surface area contributed by atoms with Crippen LogP contribution >= 0.6 is 34.8 Å². The van der Waals surface area contributed by atoms with Gasteiger partial charge in [0, 0.05) is 28.3 Å². The summed E-state index contributed by atoms with van der Waals surface area (Å²) in [5, 5.41) is 15.1. The third-order valence-corrected chi connectivity index (χ3v) is 3.56. The SMILES string of the molecule is O=[N+]([O-])c1cc(NCc2cc(Cl)ccc2Cl)ccc1Cl. The van der Waals surface area contributed by atoms with Crippen molar-refractivity contribution in [1.82, 2.24) is 0 Å². The van der Waals surface area contributed by atoms with E-state index >= 15 is 0 Å². The highest BCUT2D eigenvalue weighted by atomic mass is 35.5. The normalized spacial score (nSPS) is 10.3. The van der Waals surface area contributed by atoms with E-state index in [2.05, 4.69) is 5.32 Å². The first-order valence-electron chi connectivity index (χ1n) is 5.59. The Morgan fingerprint density at radius 1 is 1.05 bits per heavy atom. The monoisotopic (exact) mass is 330 g/mol. The number of hydrogen-bond donors (Lipinski definition) is 1. The molecule has 0 saturated heterocycles. The maximum Gasteiger partial charge on any atom is 0.289 e. The molecule has 2 aromatic carbocycles. The van der Waals surface area contributed by atoms with E-state index < -0.39 is 4.92 Å². The Balaban J connectivity index is 2.17. The number of hydrogen-bond acceptors (Lipinski definition) is 3. The van der Waals surface area contributed by atoms with Crippen LogP contribution < -0.4 is 5.32 Å². The van der Waals surface area contributed by atoms with Crippen molar-refractivity contribution in [3.8, 4) is 0 Å². The quantitative estimate of drug-likeness (QED) is 0.621. The van der Waals surface area contributed by atoms with E-state index in [0.717, 1.165) is 5.56 Å². The molecule has 4 nitrogen and oxygen atoms in total. The summed E-state index contributed by atoms with van der Waals surface area (Å²) in [6.45, 7) is 0.401. The molecular formula is C13H9Cl3N2O2. The second kappa shape index (κ2) is 6.31. The molecule has 0 bridgehead atoms. The molecule has 0 fully saturated rings. The molecule has 0 aromatic heterocycles. The lowest BCUT2D eigenvalue weighted by Crippen LogP contribution is -2.01. The number of nitro benzene ring substituents is 1. The first kappa shape index (κ1) is 14.9. The summed E-state index contributed by atoms with van der Waals surface area (Å²) >= 11 is 17.7. The molecule has 20 heavy (non-hydrogen) atoms. The number of nitrogens with one attached hydrogen (secondary N) is 1. The van der Waals surface area contributed by atoms with Gasteiger partial charge in [-0.1, -0.05) is 34.8 Å². The number of anilines is 1. The van der Waals surface area contributed by atoms with Gasteiger partial charge in [0.2, 0.25) is 0 Å². The van der Waals surface area contributed by atoms with E-state index in [-0.39, 0.29) is 10.7 Å². The number of nitro groups is 1. The molecule has 0 saturated carbocycles. The Morgan fingerprint density at radius 3 is 2.45 bits per heavy atom. The van der Waals surface area contributed by atoms with Gasteiger partial charge in [-0.25, -0.2) is 0 Å². The summed E-state index contributed by atoms with van der Waals surface area (Å²) in [6, 6.07) is 9.64. The van der Waals surface area contributed by atoms with Crippen LogP contribution in [0.3, 0.4) is 0 Å². The third kappa shape index (κ3) is 3.54. The fourth-order valence-electron chi connectivity index (χ4n) is 1.64. The predicted octanol–water partition coefficient (Wildman–Crippen LogP) is 5.17. The Kier molecular flexibility index (Phi) is 4.70. The highest BCUT2D eigenvalue weighted by Crippen LogP contribution is 2.28. The number of benzene rings is 2. The maximum absolute atomic E-state index is 10.8. The van der Waals surface area contributed by atoms with Crippen LogP contribution in [-0.4, -0.2) is 4.92 Å². The second-order valence-electron chi connectivity index (χ2n) is 4.01. The van der Waals surface area contributed by atoms with Crippen LogP contribution in [0.2, 0.25) is 15.1 Å². The van der Waals surface area contributed by atoms with Crippen LogP contribution in [-0.2, 0) is 6.54 Å². The molecule has 0 heterocycles. The number of halogens is 3. The summed E-state index contributed by atoms with van der Waals surface area (Å²) in [7, 11) is 0. The molecular weight excluding hydrogens is 323 g/mol. The molecule has 0 unspecified atom stereocenters. The van der Waals surface area contributed by atoms with E-state index in [1.54, 1.807) is 24.3 Å². The molecule has 0 atom stereocenters. The highest BCUT2D eigenvalue weighted by Gasteiger charge is 2.12. The molecule has 0 aliphatic heterocycles. The minimum Gasteiger partial charge on any atom is -0.381 e. The van der Waals surface area contributed by atoms with Gasteiger partial charge in [-0.05, 0) is 35.9 Å². The van der Waals surface area contributed by atoms with E-state index in [1.807, 2.05) is 0 Å². The van der Waals surface area contributed by atoms with Crippen LogP contribution in [0.25, 0.3) is 0 Å². The second-order valence-corrected chi connectivity index (χ2v) is 5.26. The smallest absolute Gasteiger partial charge is 0.289 e. The molecule has 2 rings (SSSR count). The summed E-state index contributed by atoms with van der Waals surface area (Å²) in [4.78, 5) is 10.3. The van der Waals surface area contributed by atoms with Crippen molar-refractivity contribution in [1.29, 1.82) is 0 Å². The van der Waals surface area contributed by atoms with E-state index in [1.165, 1.54) is 12.1 Å². The largest absolute Gasteiger partial charge is 0.381 e. The topological polar surface area (TPSA) is 55.2 Å². The van der Waals surface area contributed by atoms with Crippen LogP contribution in [0.1, 0.15) is 5.56 Å². The zero-order valence-electron chi connectivity index (χ0n) is 10.1. The number of rotatable bonds is 4. The van der Waals surface area contributed by atoms with Crippen molar-refractivity contribution in [2.45, 2.75) is 6.54 Å². The number of nitrogens with zero attached hydrogens (tertiary/aromatic N) is 1. The zero-order chi connectivity index (χ0) is 14.7. The fraction of sp³-hybridized carbons (Fsp3) is 0.0769. The summed E-state index contributed by atoms with van der Waals surface area (Å²) < 4.78 is 0. The van der Waals surface area contributed by atoms with Gasteiger partial charge >= 0.3 is 0 Å². The molecule has 1 N–H and O–H groups in total. The van der Waals surface area contributed by atoms with Gasteiger partial charge in [-0.15, -0.1) is 0 Å². The summed E-state index contributed by atoms with van der Waals surface area (Å²) in [5.41, 5.74) is 1.24. The molecule has 104 valence electrons. The molecule has 2 aromatic rings. The molecule has 0 aliphatic carbocycles. The lowest BCUT2D eigenvalue weighted by molar-refractivity contribution is -0.384. The average molecular weight is 332 g/mol. The highest BCUT2D eigenvalue weighted by molar-refractivity contribution is 6.33. The fourth-order valence-corrected chi connectivity index (χ4v) is 2.20. The van der Waals surface area contributed by atoms with E-state index in [9.17, 15) is 10.1 Å². The minimum absolute atomic E-state index is 0.0985. The lowest BCUT2D eigenvalue weighted by atomic mass is 10.2. The Morgan fingerprint density at radius 2 is 1.75 bits per heavy atom. The average Bonchev–Trinajstić information content (AvgIpc) is 2.41. The van der Waals surface area contributed by atoms with Gasteiger partial charge in [0.15, 0.2) is 0 Å².